The zero-order valence-corrected chi connectivity index (χ0v) is 27.8. The van der Waals surface area contributed by atoms with Crippen LogP contribution in [0.3, 0.4) is 0 Å². The first-order chi connectivity index (χ1) is 16.2. The molecule has 1 saturated heterocycles. The molecule has 7 atom stereocenters. The normalized spacial score (nSPS) is 34.8. The Morgan fingerprint density at radius 1 is 0.972 bits per heavy atom. The number of fused-ring (bicyclic) bond motifs is 3. The predicted octanol–water partition coefficient (Wildman–Crippen LogP) is 7.94. The third-order valence-corrected chi connectivity index (χ3v) is 19.6. The Hall–Kier alpha value is 0.0138. The highest BCUT2D eigenvalue weighted by Gasteiger charge is 2.71. The Bertz CT molecular complexity index is 809. The van der Waals surface area contributed by atoms with Gasteiger partial charge in [0.1, 0.15) is 5.60 Å². The Kier molecular flexibility index (Phi) is 8.39. The number of ether oxygens (including phenoxy) is 1. The van der Waals surface area contributed by atoms with Crippen LogP contribution in [-0.2, 0) is 13.6 Å². The predicted molar refractivity (Wildman–Crippen MR) is 156 cm³/mol. The van der Waals surface area contributed by atoms with Crippen LogP contribution in [0.1, 0.15) is 88.0 Å². The van der Waals surface area contributed by atoms with E-state index in [2.05, 4.69) is 101 Å². The van der Waals surface area contributed by atoms with Crippen molar-refractivity contribution in [1.29, 1.82) is 0 Å². The molecular weight excluding hydrogens is 480 g/mol. The van der Waals surface area contributed by atoms with Crippen LogP contribution < -0.4 is 0 Å². The SMILES string of the molecule is CC(C)CCC(C)(/C=C/[C@H]1[C@H]2CC3(CO)OC3[C@H]2C[C@H]1O[Si](C)(C)C(C)(C)C)O[Si](C)(C)C(C)(C)C. The quantitative estimate of drug-likeness (QED) is 0.174. The van der Waals surface area contributed by atoms with Gasteiger partial charge in [-0.15, -0.1) is 0 Å². The molecule has 4 nitrogen and oxygen atoms in total. The summed E-state index contributed by atoms with van der Waals surface area (Å²) in [7, 11) is -3.86. The molecule has 1 aliphatic heterocycles. The second-order valence-electron chi connectivity index (χ2n) is 16.0. The highest BCUT2D eigenvalue weighted by Crippen LogP contribution is 2.63. The lowest BCUT2D eigenvalue weighted by Gasteiger charge is -2.44. The smallest absolute Gasteiger partial charge is 0.193 e. The number of aliphatic hydroxyl groups excluding tert-OH is 1. The van der Waals surface area contributed by atoms with E-state index in [9.17, 15) is 5.11 Å². The van der Waals surface area contributed by atoms with Gasteiger partial charge in [0, 0.05) is 5.92 Å². The van der Waals surface area contributed by atoms with E-state index in [4.69, 9.17) is 13.6 Å². The molecule has 2 aliphatic carbocycles. The molecule has 36 heavy (non-hydrogen) atoms. The first-order valence-electron chi connectivity index (χ1n) is 14.5. The molecule has 6 heteroatoms. The molecular formula is C30H58O4Si2. The van der Waals surface area contributed by atoms with Gasteiger partial charge in [-0.1, -0.05) is 67.5 Å². The Balaban J connectivity index is 1.91. The summed E-state index contributed by atoms with van der Waals surface area (Å²) in [4.78, 5) is 0. The second kappa shape index (κ2) is 9.89. The summed E-state index contributed by atoms with van der Waals surface area (Å²) in [5.41, 5.74) is -0.554. The van der Waals surface area contributed by atoms with Gasteiger partial charge in [-0.25, -0.2) is 0 Å². The van der Waals surface area contributed by atoms with E-state index >= 15 is 0 Å². The van der Waals surface area contributed by atoms with Crippen molar-refractivity contribution in [2.75, 3.05) is 6.61 Å². The monoisotopic (exact) mass is 538 g/mol. The lowest BCUT2D eigenvalue weighted by atomic mass is 9.87. The van der Waals surface area contributed by atoms with Crippen molar-refractivity contribution >= 4 is 16.6 Å². The minimum absolute atomic E-state index is 0.148. The van der Waals surface area contributed by atoms with Gasteiger partial charge < -0.3 is 18.7 Å². The van der Waals surface area contributed by atoms with E-state index in [-0.39, 0.29) is 40.1 Å². The lowest BCUT2D eigenvalue weighted by molar-refractivity contribution is 0.0984. The van der Waals surface area contributed by atoms with Gasteiger partial charge in [0.05, 0.1) is 24.4 Å². The van der Waals surface area contributed by atoms with Crippen molar-refractivity contribution in [3.63, 3.8) is 0 Å². The highest BCUT2D eigenvalue weighted by atomic mass is 28.4. The van der Waals surface area contributed by atoms with Gasteiger partial charge in [-0.3, -0.25) is 0 Å². The van der Waals surface area contributed by atoms with Crippen LogP contribution in [0.2, 0.25) is 36.3 Å². The van der Waals surface area contributed by atoms with Gasteiger partial charge in [-0.05, 0) is 86.6 Å². The Morgan fingerprint density at radius 2 is 1.56 bits per heavy atom. The second-order valence-corrected chi connectivity index (χ2v) is 25.5. The number of epoxide rings is 1. The summed E-state index contributed by atoms with van der Waals surface area (Å²) in [6, 6.07) is 0. The standard InChI is InChI=1S/C30H58O4Si2/c1-21(2)14-16-29(9,34-36(12,13)28(6,7)8)17-15-22-24-19-30(20-31)26(32-30)23(24)18-25(22)33-35(10,11)27(3,4)5/h15,17,21-26,31H,14,16,18-20H2,1-13H3/b17-15+/t22-,23-,24+,25+,26?,29?,30?/m0/s1. The molecule has 2 saturated carbocycles. The van der Waals surface area contributed by atoms with E-state index in [1.807, 2.05) is 0 Å². The molecule has 0 spiro atoms. The minimum atomic E-state index is -1.95. The number of rotatable bonds is 10. The van der Waals surface area contributed by atoms with Crippen LogP contribution in [0.4, 0.5) is 0 Å². The maximum Gasteiger partial charge on any atom is 0.193 e. The molecule has 210 valence electrons. The zero-order chi connectivity index (χ0) is 27.5. The van der Waals surface area contributed by atoms with Crippen LogP contribution in [0.25, 0.3) is 0 Å². The fourth-order valence-electron chi connectivity index (χ4n) is 5.99. The molecule has 1 heterocycles. The molecule has 0 amide bonds. The number of hydrogen-bond donors (Lipinski definition) is 1. The molecule has 0 bridgehead atoms. The van der Waals surface area contributed by atoms with E-state index in [1.54, 1.807) is 0 Å². The summed E-state index contributed by atoms with van der Waals surface area (Å²) >= 11 is 0. The largest absolute Gasteiger partial charge is 0.413 e. The van der Waals surface area contributed by atoms with E-state index in [0.717, 1.165) is 25.7 Å². The van der Waals surface area contributed by atoms with Crippen LogP contribution in [0.15, 0.2) is 12.2 Å². The summed E-state index contributed by atoms with van der Waals surface area (Å²) in [6.45, 7) is 30.5. The molecule has 1 N–H and O–H groups in total. The fraction of sp³-hybridized carbons (Fsp3) is 0.933. The van der Waals surface area contributed by atoms with Gasteiger partial charge in [-0.2, -0.15) is 0 Å². The van der Waals surface area contributed by atoms with E-state index < -0.39 is 16.6 Å². The van der Waals surface area contributed by atoms with Gasteiger partial charge in [0.25, 0.3) is 0 Å². The van der Waals surface area contributed by atoms with Crippen LogP contribution in [0, 0.1) is 23.7 Å². The number of hydrogen-bond acceptors (Lipinski definition) is 4. The minimum Gasteiger partial charge on any atom is -0.413 e. The van der Waals surface area contributed by atoms with Crippen LogP contribution in [0.5, 0.6) is 0 Å². The van der Waals surface area contributed by atoms with Crippen molar-refractivity contribution in [3.8, 4) is 0 Å². The van der Waals surface area contributed by atoms with Crippen molar-refractivity contribution in [2.45, 2.75) is 148 Å². The van der Waals surface area contributed by atoms with Crippen molar-refractivity contribution in [2.24, 2.45) is 23.7 Å². The molecule has 0 aromatic rings. The number of aliphatic hydroxyl groups is 1. The van der Waals surface area contributed by atoms with Gasteiger partial charge in [0.2, 0.25) is 0 Å². The first-order valence-corrected chi connectivity index (χ1v) is 20.3. The molecule has 0 aromatic heterocycles. The maximum absolute atomic E-state index is 10.1. The molecule has 0 radical (unpaired) electrons. The third-order valence-electron chi connectivity index (χ3n) is 10.5. The molecule has 3 aliphatic rings. The summed E-state index contributed by atoms with van der Waals surface area (Å²) in [5, 5.41) is 10.4. The van der Waals surface area contributed by atoms with Crippen LogP contribution >= 0.6 is 0 Å². The summed E-state index contributed by atoms with van der Waals surface area (Å²) in [6.07, 6.45) is 9.52. The fourth-order valence-corrected chi connectivity index (χ4v) is 9.00. The average Bonchev–Trinajstić information content (AvgIpc) is 3.20. The third kappa shape index (κ3) is 6.09. The molecule has 3 rings (SSSR count). The van der Waals surface area contributed by atoms with Gasteiger partial charge in [0.15, 0.2) is 16.6 Å². The van der Waals surface area contributed by atoms with Gasteiger partial charge >= 0.3 is 0 Å². The zero-order valence-electron chi connectivity index (χ0n) is 25.8. The molecule has 0 aromatic carbocycles. The highest BCUT2D eigenvalue weighted by molar-refractivity contribution is 6.74. The first kappa shape index (κ1) is 30.6. The van der Waals surface area contributed by atoms with Crippen molar-refractivity contribution in [3.05, 3.63) is 12.2 Å². The molecule has 3 unspecified atom stereocenters. The Morgan fingerprint density at radius 3 is 2.06 bits per heavy atom. The van der Waals surface area contributed by atoms with Crippen LogP contribution in [-0.4, -0.2) is 51.8 Å². The van der Waals surface area contributed by atoms with Crippen molar-refractivity contribution in [1.82, 2.24) is 0 Å². The Labute approximate surface area is 225 Å². The topological polar surface area (TPSA) is 51.2 Å². The van der Waals surface area contributed by atoms with E-state index in [1.165, 1.54) is 0 Å². The average molecular weight is 539 g/mol. The molecule has 3 fully saturated rings. The van der Waals surface area contributed by atoms with E-state index in [0.29, 0.717) is 23.7 Å². The lowest BCUT2D eigenvalue weighted by Crippen LogP contribution is -2.48. The summed E-state index contributed by atoms with van der Waals surface area (Å²) in [5.74, 6) is 2.01. The summed E-state index contributed by atoms with van der Waals surface area (Å²) < 4.78 is 20.3. The van der Waals surface area contributed by atoms with Crippen molar-refractivity contribution < 1.29 is 18.7 Å². The maximum atomic E-state index is 10.1.